The van der Waals surface area contributed by atoms with Crippen LogP contribution in [0.3, 0.4) is 0 Å². The topological polar surface area (TPSA) is 112 Å². The van der Waals surface area contributed by atoms with Crippen LogP contribution in [0.2, 0.25) is 0 Å². The summed E-state index contributed by atoms with van der Waals surface area (Å²) in [7, 11) is 1.60. The number of rotatable bonds is 6. The predicted molar refractivity (Wildman–Crippen MR) is 92.1 cm³/mol. The lowest BCUT2D eigenvalue weighted by Gasteiger charge is -2.08. The summed E-state index contributed by atoms with van der Waals surface area (Å²) >= 11 is 0. The second-order valence-corrected chi connectivity index (χ2v) is 5.46. The number of aromatic nitrogens is 4. The molecule has 8 nitrogen and oxygen atoms in total. The van der Waals surface area contributed by atoms with Crippen molar-refractivity contribution >= 4 is 17.0 Å². The van der Waals surface area contributed by atoms with E-state index < -0.39 is 0 Å². The van der Waals surface area contributed by atoms with Gasteiger partial charge in [-0.1, -0.05) is 12.1 Å². The fourth-order valence-electron chi connectivity index (χ4n) is 2.45. The highest BCUT2D eigenvalue weighted by atomic mass is 16.5. The number of nitrogen functional groups attached to an aromatic ring is 1. The van der Waals surface area contributed by atoms with Gasteiger partial charge in [0.2, 0.25) is 0 Å². The first-order valence-corrected chi connectivity index (χ1v) is 7.73. The molecule has 2 N–H and O–H groups in total. The van der Waals surface area contributed by atoms with Gasteiger partial charge in [0.05, 0.1) is 24.8 Å². The minimum atomic E-state index is 0.197. The maximum Gasteiger partial charge on any atom is 0.320 e. The number of nitriles is 1. The second-order valence-electron chi connectivity index (χ2n) is 5.46. The third kappa shape index (κ3) is 3.51. The lowest BCUT2D eigenvalue weighted by molar-refractivity contribution is 0.141. The van der Waals surface area contributed by atoms with E-state index >= 15 is 0 Å². The number of nitrogens with two attached hydrogens (primary N) is 1. The minimum absolute atomic E-state index is 0.197. The van der Waals surface area contributed by atoms with Crippen LogP contribution in [0.1, 0.15) is 17.0 Å². The highest BCUT2D eigenvalue weighted by Crippen LogP contribution is 2.22. The number of anilines is 1. The summed E-state index contributed by atoms with van der Waals surface area (Å²) in [6.07, 6.45) is 0. The molecular formula is C17H18N6O2. The number of imidazole rings is 1. The van der Waals surface area contributed by atoms with Crippen molar-refractivity contribution in [1.29, 1.82) is 5.26 Å². The van der Waals surface area contributed by atoms with Crippen molar-refractivity contribution in [2.24, 2.45) is 0 Å². The Hall–Kier alpha value is -3.18. The highest BCUT2D eigenvalue weighted by Gasteiger charge is 2.15. The Balaban J connectivity index is 1.95. The lowest BCUT2D eigenvalue weighted by Crippen LogP contribution is -2.09. The molecule has 0 aliphatic rings. The molecule has 0 saturated carbocycles. The molecule has 0 bridgehead atoms. The molecule has 25 heavy (non-hydrogen) atoms. The molecule has 3 aromatic rings. The molecule has 3 rings (SSSR count). The predicted octanol–water partition coefficient (Wildman–Crippen LogP) is 1.66. The average molecular weight is 338 g/mol. The van der Waals surface area contributed by atoms with E-state index in [9.17, 15) is 0 Å². The van der Waals surface area contributed by atoms with Crippen LogP contribution in [0.4, 0.5) is 5.82 Å². The Morgan fingerprint density at radius 3 is 2.60 bits per heavy atom. The van der Waals surface area contributed by atoms with Gasteiger partial charge >= 0.3 is 6.01 Å². The smallest absolute Gasteiger partial charge is 0.320 e. The largest absolute Gasteiger partial charge is 0.461 e. The molecule has 2 aromatic heterocycles. The van der Waals surface area contributed by atoms with E-state index in [1.165, 1.54) is 0 Å². The van der Waals surface area contributed by atoms with Crippen molar-refractivity contribution in [3.05, 3.63) is 41.2 Å². The average Bonchev–Trinajstić information content (AvgIpc) is 2.93. The van der Waals surface area contributed by atoms with E-state index in [4.69, 9.17) is 20.5 Å². The number of methoxy groups -OCH3 is 1. The van der Waals surface area contributed by atoms with Crippen molar-refractivity contribution < 1.29 is 9.47 Å². The molecule has 0 aliphatic carbocycles. The van der Waals surface area contributed by atoms with E-state index in [-0.39, 0.29) is 11.8 Å². The second kappa shape index (κ2) is 7.15. The molecule has 0 radical (unpaired) electrons. The number of aryl methyl sites for hydroxylation is 1. The first-order chi connectivity index (χ1) is 12.1. The summed E-state index contributed by atoms with van der Waals surface area (Å²) in [4.78, 5) is 13.0. The van der Waals surface area contributed by atoms with Gasteiger partial charge in [-0.2, -0.15) is 15.2 Å². The van der Waals surface area contributed by atoms with Gasteiger partial charge in [-0.25, -0.2) is 4.98 Å². The van der Waals surface area contributed by atoms with Crippen LogP contribution in [0, 0.1) is 18.3 Å². The quantitative estimate of drug-likeness (QED) is 0.680. The standard InChI is InChI=1S/C17H18N6O2/c1-11-20-14-15(19)21-17(25-8-7-24-2)22-16(14)23(11)10-13-5-3-12(9-18)4-6-13/h3-6H,7-8,10H2,1-2H3,(H2,19,21,22). The number of benzene rings is 1. The number of ether oxygens (including phenoxy) is 2. The molecule has 8 heteroatoms. The summed E-state index contributed by atoms with van der Waals surface area (Å²) in [6, 6.07) is 9.69. The number of hydrogen-bond acceptors (Lipinski definition) is 7. The van der Waals surface area contributed by atoms with Gasteiger partial charge < -0.3 is 19.8 Å². The Labute approximate surface area is 144 Å². The van der Waals surface area contributed by atoms with E-state index in [0.29, 0.717) is 36.5 Å². The fourth-order valence-corrected chi connectivity index (χ4v) is 2.45. The number of nitrogens with zero attached hydrogens (tertiary/aromatic N) is 5. The molecule has 2 heterocycles. The zero-order chi connectivity index (χ0) is 17.8. The summed E-state index contributed by atoms with van der Waals surface area (Å²) < 4.78 is 12.4. The van der Waals surface area contributed by atoms with Gasteiger partial charge in [-0.15, -0.1) is 0 Å². The first kappa shape index (κ1) is 16.7. The van der Waals surface area contributed by atoms with Crippen LogP contribution in [0.5, 0.6) is 6.01 Å². The molecule has 0 saturated heterocycles. The minimum Gasteiger partial charge on any atom is -0.461 e. The van der Waals surface area contributed by atoms with Crippen LogP contribution < -0.4 is 10.5 Å². The fraction of sp³-hybridized carbons (Fsp3) is 0.294. The van der Waals surface area contributed by atoms with Crippen LogP contribution in [0.25, 0.3) is 11.2 Å². The van der Waals surface area contributed by atoms with Crippen LogP contribution in [-0.2, 0) is 11.3 Å². The van der Waals surface area contributed by atoms with Crippen molar-refractivity contribution in [2.45, 2.75) is 13.5 Å². The van der Waals surface area contributed by atoms with Gasteiger partial charge in [-0.05, 0) is 24.6 Å². The van der Waals surface area contributed by atoms with E-state index in [2.05, 4.69) is 21.0 Å². The highest BCUT2D eigenvalue weighted by molar-refractivity contribution is 5.82. The Morgan fingerprint density at radius 2 is 1.92 bits per heavy atom. The Bertz CT molecular complexity index is 927. The molecule has 0 amide bonds. The monoisotopic (exact) mass is 338 g/mol. The first-order valence-electron chi connectivity index (χ1n) is 7.73. The maximum absolute atomic E-state index is 8.90. The molecule has 0 unspecified atom stereocenters. The molecule has 0 fully saturated rings. The van der Waals surface area contributed by atoms with Crippen LogP contribution in [-0.4, -0.2) is 39.8 Å². The molecule has 0 spiro atoms. The van der Waals surface area contributed by atoms with Crippen molar-refractivity contribution in [1.82, 2.24) is 19.5 Å². The number of fused-ring (bicyclic) bond motifs is 1. The normalized spacial score (nSPS) is 10.8. The van der Waals surface area contributed by atoms with Gasteiger partial charge in [0.25, 0.3) is 0 Å². The number of hydrogen-bond donors (Lipinski definition) is 1. The summed E-state index contributed by atoms with van der Waals surface area (Å²) in [5, 5.41) is 8.90. The van der Waals surface area contributed by atoms with Crippen molar-refractivity contribution in [2.75, 3.05) is 26.1 Å². The van der Waals surface area contributed by atoms with Gasteiger partial charge in [0, 0.05) is 7.11 Å². The van der Waals surface area contributed by atoms with E-state index in [0.717, 1.165) is 11.4 Å². The van der Waals surface area contributed by atoms with Gasteiger partial charge in [-0.3, -0.25) is 0 Å². The van der Waals surface area contributed by atoms with E-state index in [1.807, 2.05) is 23.6 Å². The molecular weight excluding hydrogens is 320 g/mol. The summed E-state index contributed by atoms with van der Waals surface area (Å²) in [5.41, 5.74) is 8.81. The third-order valence-electron chi connectivity index (χ3n) is 3.73. The lowest BCUT2D eigenvalue weighted by atomic mass is 10.1. The van der Waals surface area contributed by atoms with Gasteiger partial charge in [0.15, 0.2) is 17.0 Å². The van der Waals surface area contributed by atoms with Crippen LogP contribution >= 0.6 is 0 Å². The summed E-state index contributed by atoms with van der Waals surface area (Å²) in [6.45, 7) is 3.22. The molecule has 128 valence electrons. The zero-order valence-electron chi connectivity index (χ0n) is 14.1. The van der Waals surface area contributed by atoms with E-state index in [1.54, 1.807) is 19.2 Å². The molecule has 1 aromatic carbocycles. The molecule has 0 aliphatic heterocycles. The Morgan fingerprint density at radius 1 is 1.16 bits per heavy atom. The van der Waals surface area contributed by atoms with Crippen LogP contribution in [0.15, 0.2) is 24.3 Å². The third-order valence-corrected chi connectivity index (χ3v) is 3.73. The SMILES string of the molecule is COCCOc1nc(N)c2nc(C)n(Cc3ccc(C#N)cc3)c2n1. The molecule has 0 atom stereocenters. The summed E-state index contributed by atoms with van der Waals surface area (Å²) in [5.74, 6) is 1.05. The maximum atomic E-state index is 8.90. The van der Waals surface area contributed by atoms with Gasteiger partial charge in [0.1, 0.15) is 12.4 Å². The van der Waals surface area contributed by atoms with Crippen molar-refractivity contribution in [3.63, 3.8) is 0 Å². The zero-order valence-corrected chi connectivity index (χ0v) is 14.1. The van der Waals surface area contributed by atoms with Crippen molar-refractivity contribution in [3.8, 4) is 12.1 Å². The Kier molecular flexibility index (Phi) is 4.77.